The largest absolute Gasteiger partial charge is 0.357 e. The second-order valence-corrected chi connectivity index (χ2v) is 7.15. The first-order valence-electron chi connectivity index (χ1n) is 10.8. The van der Waals surface area contributed by atoms with Crippen molar-refractivity contribution in [3.63, 3.8) is 0 Å². The Bertz CT molecular complexity index is 895. The van der Waals surface area contributed by atoms with E-state index in [1.807, 2.05) is 56.3 Å². The summed E-state index contributed by atoms with van der Waals surface area (Å²) < 4.78 is 0. The van der Waals surface area contributed by atoms with Gasteiger partial charge in [-0.25, -0.2) is 4.99 Å². The van der Waals surface area contributed by atoms with E-state index in [1.54, 1.807) is 13.1 Å². The number of carbonyl (C=O) groups excluding carboxylic acids is 2. The van der Waals surface area contributed by atoms with E-state index in [4.69, 9.17) is 0 Å². The van der Waals surface area contributed by atoms with Gasteiger partial charge in [0, 0.05) is 37.8 Å². The number of anilines is 1. The van der Waals surface area contributed by atoms with Crippen molar-refractivity contribution in [1.82, 2.24) is 16.0 Å². The molecule has 0 aliphatic heterocycles. The molecule has 0 heterocycles. The Morgan fingerprint density at radius 2 is 1.74 bits per heavy atom. The summed E-state index contributed by atoms with van der Waals surface area (Å²) in [6.07, 6.45) is 2.11. The smallest absolute Gasteiger partial charge is 0.251 e. The molecule has 7 heteroatoms. The lowest BCUT2D eigenvalue weighted by Gasteiger charge is -2.12. The van der Waals surface area contributed by atoms with Crippen molar-refractivity contribution in [2.45, 2.75) is 39.7 Å². The van der Waals surface area contributed by atoms with Crippen LogP contribution in [0.4, 0.5) is 5.69 Å². The van der Waals surface area contributed by atoms with Crippen LogP contribution in [0.15, 0.2) is 53.5 Å². The second-order valence-electron chi connectivity index (χ2n) is 7.15. The number of hydrogen-bond donors (Lipinski definition) is 4. The van der Waals surface area contributed by atoms with Gasteiger partial charge in [0.05, 0.1) is 6.54 Å². The lowest BCUT2D eigenvalue weighted by molar-refractivity contribution is -0.116. The first-order valence-corrected chi connectivity index (χ1v) is 10.8. The Labute approximate surface area is 184 Å². The van der Waals surface area contributed by atoms with Crippen LogP contribution in [0.25, 0.3) is 0 Å². The number of carbonyl (C=O) groups is 2. The third kappa shape index (κ3) is 8.50. The van der Waals surface area contributed by atoms with Crippen LogP contribution < -0.4 is 21.3 Å². The second kappa shape index (κ2) is 13.1. The number of rotatable bonds is 10. The number of aliphatic imine (C=N–C) groups is 1. The summed E-state index contributed by atoms with van der Waals surface area (Å²) in [5.41, 5.74) is 3.55. The number of hydrogen-bond acceptors (Lipinski definition) is 3. The highest BCUT2D eigenvalue weighted by Gasteiger charge is 2.05. The summed E-state index contributed by atoms with van der Waals surface area (Å²) >= 11 is 0. The van der Waals surface area contributed by atoms with E-state index >= 15 is 0 Å². The molecular weight excluding hydrogens is 390 g/mol. The quantitative estimate of drug-likeness (QED) is 0.349. The van der Waals surface area contributed by atoms with Crippen molar-refractivity contribution in [3.8, 4) is 0 Å². The van der Waals surface area contributed by atoms with Crippen molar-refractivity contribution in [1.29, 1.82) is 0 Å². The minimum Gasteiger partial charge on any atom is -0.357 e. The van der Waals surface area contributed by atoms with E-state index in [-0.39, 0.29) is 11.8 Å². The zero-order valence-corrected chi connectivity index (χ0v) is 18.6. The van der Waals surface area contributed by atoms with Gasteiger partial charge in [-0.1, -0.05) is 31.2 Å². The molecule has 2 amide bonds. The highest BCUT2D eigenvalue weighted by Crippen LogP contribution is 2.12. The summed E-state index contributed by atoms with van der Waals surface area (Å²) in [6.45, 7) is 5.95. The van der Waals surface area contributed by atoms with Crippen molar-refractivity contribution in [3.05, 3.63) is 65.2 Å². The molecule has 0 radical (unpaired) electrons. The Morgan fingerprint density at radius 3 is 2.48 bits per heavy atom. The zero-order valence-electron chi connectivity index (χ0n) is 18.6. The molecule has 166 valence electrons. The molecular formula is C24H33N5O2. The molecule has 4 N–H and O–H groups in total. The van der Waals surface area contributed by atoms with Gasteiger partial charge in [0.25, 0.3) is 5.91 Å². The van der Waals surface area contributed by atoms with Crippen molar-refractivity contribution < 1.29 is 9.59 Å². The fourth-order valence-electron chi connectivity index (χ4n) is 3.05. The number of nitrogens with zero attached hydrogens (tertiary/aromatic N) is 1. The monoisotopic (exact) mass is 423 g/mol. The minimum atomic E-state index is -0.0853. The first-order chi connectivity index (χ1) is 15.0. The average molecular weight is 424 g/mol. The SMILES string of the molecule is CCCC(=O)Nc1cccc(CN=C(NCC)NCCc2cccc(C(=O)NC)c2)c1. The molecule has 0 saturated carbocycles. The predicted octanol–water partition coefficient (Wildman–Crippen LogP) is 3.08. The first kappa shape index (κ1) is 23.9. The number of amides is 2. The van der Waals surface area contributed by atoms with Crippen LogP contribution >= 0.6 is 0 Å². The molecule has 0 unspecified atom stereocenters. The predicted molar refractivity (Wildman–Crippen MR) is 126 cm³/mol. The minimum absolute atomic E-state index is 0.0265. The highest BCUT2D eigenvalue weighted by molar-refractivity contribution is 5.94. The van der Waals surface area contributed by atoms with Gasteiger partial charge < -0.3 is 21.3 Å². The van der Waals surface area contributed by atoms with Crippen LogP contribution in [0.5, 0.6) is 0 Å². The molecule has 0 spiro atoms. The highest BCUT2D eigenvalue weighted by atomic mass is 16.2. The van der Waals surface area contributed by atoms with Gasteiger partial charge >= 0.3 is 0 Å². The zero-order chi connectivity index (χ0) is 22.5. The molecule has 2 rings (SSSR count). The fourth-order valence-corrected chi connectivity index (χ4v) is 3.05. The number of benzene rings is 2. The molecule has 0 fully saturated rings. The van der Waals surface area contributed by atoms with Gasteiger partial charge in [0.2, 0.25) is 5.91 Å². The molecule has 0 aliphatic carbocycles. The van der Waals surface area contributed by atoms with Gasteiger partial charge in [0.15, 0.2) is 5.96 Å². The molecule has 7 nitrogen and oxygen atoms in total. The van der Waals surface area contributed by atoms with Crippen LogP contribution in [0.3, 0.4) is 0 Å². The van der Waals surface area contributed by atoms with Gasteiger partial charge in [0.1, 0.15) is 0 Å². The van der Waals surface area contributed by atoms with E-state index in [9.17, 15) is 9.59 Å². The molecule has 0 saturated heterocycles. The standard InChI is InChI=1S/C24H33N5O2/c1-4-8-22(30)29-21-12-7-10-19(16-21)17-28-24(26-5-2)27-14-13-18-9-6-11-20(15-18)23(31)25-3/h6-7,9-12,15-16H,4-5,8,13-14,17H2,1-3H3,(H,25,31)(H,29,30)(H2,26,27,28). The van der Waals surface area contributed by atoms with Gasteiger partial charge in [-0.15, -0.1) is 0 Å². The molecule has 2 aromatic carbocycles. The van der Waals surface area contributed by atoms with Crippen LogP contribution in [0.2, 0.25) is 0 Å². The van der Waals surface area contributed by atoms with Crippen molar-refractivity contribution in [2.24, 2.45) is 4.99 Å². The molecule has 2 aromatic rings. The molecule has 0 aromatic heterocycles. The van der Waals surface area contributed by atoms with Gasteiger partial charge in [-0.3, -0.25) is 9.59 Å². The average Bonchev–Trinajstić information content (AvgIpc) is 2.77. The maximum absolute atomic E-state index is 11.8. The summed E-state index contributed by atoms with van der Waals surface area (Å²) in [7, 11) is 1.63. The normalized spacial score (nSPS) is 11.0. The Hall–Kier alpha value is -3.35. The third-order valence-corrected chi connectivity index (χ3v) is 4.57. The van der Waals surface area contributed by atoms with E-state index in [1.165, 1.54) is 0 Å². The van der Waals surface area contributed by atoms with E-state index in [0.29, 0.717) is 25.1 Å². The van der Waals surface area contributed by atoms with Gasteiger partial charge in [-0.05, 0) is 55.2 Å². The molecule has 0 atom stereocenters. The molecule has 31 heavy (non-hydrogen) atoms. The summed E-state index contributed by atoms with van der Waals surface area (Å²) in [5, 5.41) is 12.1. The maximum atomic E-state index is 11.8. The number of nitrogens with one attached hydrogen (secondary N) is 4. The fraction of sp³-hybridized carbons (Fsp3) is 0.375. The Morgan fingerprint density at radius 1 is 0.968 bits per heavy atom. The van der Waals surface area contributed by atoms with Crippen molar-refractivity contribution >= 4 is 23.5 Å². The van der Waals surface area contributed by atoms with E-state index in [0.717, 1.165) is 42.2 Å². The third-order valence-electron chi connectivity index (χ3n) is 4.57. The van der Waals surface area contributed by atoms with Gasteiger partial charge in [-0.2, -0.15) is 0 Å². The summed E-state index contributed by atoms with van der Waals surface area (Å²) in [5.74, 6) is 0.668. The Kier molecular flexibility index (Phi) is 10.1. The lowest BCUT2D eigenvalue weighted by atomic mass is 10.1. The van der Waals surface area contributed by atoms with Crippen LogP contribution in [0, 0.1) is 0 Å². The van der Waals surface area contributed by atoms with Crippen LogP contribution in [-0.2, 0) is 17.8 Å². The Balaban J connectivity index is 1.93. The topological polar surface area (TPSA) is 94.6 Å². The summed E-state index contributed by atoms with van der Waals surface area (Å²) in [4.78, 5) is 28.2. The lowest BCUT2D eigenvalue weighted by Crippen LogP contribution is -2.38. The van der Waals surface area contributed by atoms with Crippen molar-refractivity contribution in [2.75, 3.05) is 25.5 Å². The maximum Gasteiger partial charge on any atom is 0.251 e. The van der Waals surface area contributed by atoms with Crippen LogP contribution in [-0.4, -0.2) is 37.9 Å². The molecule has 0 bridgehead atoms. The van der Waals surface area contributed by atoms with E-state index < -0.39 is 0 Å². The summed E-state index contributed by atoms with van der Waals surface area (Å²) in [6, 6.07) is 15.4. The number of guanidine groups is 1. The molecule has 0 aliphatic rings. The van der Waals surface area contributed by atoms with Crippen LogP contribution in [0.1, 0.15) is 48.2 Å². The van der Waals surface area contributed by atoms with E-state index in [2.05, 4.69) is 26.3 Å².